The molecule has 214 valence electrons. The highest BCUT2D eigenvalue weighted by molar-refractivity contribution is 6.10. The first-order chi connectivity index (χ1) is 18.5. The van der Waals surface area contributed by atoms with Crippen LogP contribution in [0.1, 0.15) is 42.3 Å². The van der Waals surface area contributed by atoms with Crippen molar-refractivity contribution in [1.82, 2.24) is 10.6 Å². The number of carbonyl (C=O) groups is 6. The lowest BCUT2D eigenvalue weighted by molar-refractivity contribution is -0.139. The number of para-hydroxylation sites is 2. The highest BCUT2D eigenvalue weighted by Crippen LogP contribution is 2.33. The van der Waals surface area contributed by atoms with Crippen LogP contribution >= 0.6 is 0 Å². The molecule has 40 heavy (non-hydrogen) atoms. The van der Waals surface area contributed by atoms with E-state index in [4.69, 9.17) is 9.84 Å². The molecular formula is C28H34N4O8. The molecule has 1 aliphatic rings. The van der Waals surface area contributed by atoms with Crippen molar-refractivity contribution in [2.24, 2.45) is 0 Å². The summed E-state index contributed by atoms with van der Waals surface area (Å²) >= 11 is 0. The Hall–Kier alpha value is -4.74. The standard InChI is InChI=1S/C27H30N4O8.CH4/c1-15-9-18(10-16(2)25(15)39-4)26(37)29-20-12-30(17(3)33)21-7-5-6-8-22(21)31(27(20)38)13-23(34)28-19(14-32)11-24(35)36;/h5-10,14,19-20H,11-13H2,1-4H3,(H,28,34)(H,29,37)(H,35,36);1H4/t19-,20-;/m0./s1. The number of carboxylic acid groups (broad SMARTS) is 1. The van der Waals surface area contributed by atoms with E-state index >= 15 is 0 Å². The van der Waals surface area contributed by atoms with Crippen LogP contribution in [0.2, 0.25) is 0 Å². The van der Waals surface area contributed by atoms with Crippen LogP contribution in [0.15, 0.2) is 36.4 Å². The monoisotopic (exact) mass is 554 g/mol. The van der Waals surface area contributed by atoms with Gasteiger partial charge in [-0.25, -0.2) is 0 Å². The third-order valence-electron chi connectivity index (χ3n) is 6.21. The minimum Gasteiger partial charge on any atom is -0.496 e. The fourth-order valence-corrected chi connectivity index (χ4v) is 4.52. The van der Waals surface area contributed by atoms with E-state index in [0.717, 1.165) is 16.0 Å². The number of amides is 4. The number of fused-ring (bicyclic) bond motifs is 1. The van der Waals surface area contributed by atoms with Gasteiger partial charge >= 0.3 is 5.97 Å². The van der Waals surface area contributed by atoms with Gasteiger partial charge in [0.2, 0.25) is 11.8 Å². The van der Waals surface area contributed by atoms with Crippen molar-refractivity contribution in [3.63, 3.8) is 0 Å². The number of aliphatic carboxylic acids is 1. The molecule has 0 aliphatic carbocycles. The summed E-state index contributed by atoms with van der Waals surface area (Å²) in [6.07, 6.45) is -0.333. The van der Waals surface area contributed by atoms with Gasteiger partial charge in [-0.05, 0) is 49.2 Å². The predicted molar refractivity (Wildman–Crippen MR) is 148 cm³/mol. The van der Waals surface area contributed by atoms with E-state index in [2.05, 4.69) is 10.6 Å². The largest absolute Gasteiger partial charge is 0.496 e. The number of rotatable bonds is 9. The van der Waals surface area contributed by atoms with E-state index in [1.807, 2.05) is 0 Å². The molecule has 0 fully saturated rings. The molecule has 0 unspecified atom stereocenters. The zero-order chi connectivity index (χ0) is 28.9. The second kappa shape index (κ2) is 13.4. The lowest BCUT2D eigenvalue weighted by atomic mass is 10.0. The van der Waals surface area contributed by atoms with Crippen molar-refractivity contribution in [3.8, 4) is 5.75 Å². The second-order valence-electron chi connectivity index (χ2n) is 9.12. The maximum absolute atomic E-state index is 13.8. The number of methoxy groups -OCH3 is 1. The van der Waals surface area contributed by atoms with Crippen LogP contribution in [0.3, 0.4) is 0 Å². The predicted octanol–water partition coefficient (Wildman–Crippen LogP) is 1.60. The quantitative estimate of drug-likeness (QED) is 0.394. The number of aldehydes is 1. The zero-order valence-corrected chi connectivity index (χ0v) is 22.0. The lowest BCUT2D eigenvalue weighted by Gasteiger charge is -2.25. The number of anilines is 2. The van der Waals surface area contributed by atoms with Gasteiger partial charge in [-0.3, -0.25) is 28.9 Å². The summed E-state index contributed by atoms with van der Waals surface area (Å²) < 4.78 is 5.35. The molecule has 3 N–H and O–H groups in total. The second-order valence-corrected chi connectivity index (χ2v) is 9.12. The normalized spacial score (nSPS) is 15.1. The van der Waals surface area contributed by atoms with E-state index in [9.17, 15) is 28.8 Å². The van der Waals surface area contributed by atoms with Crippen molar-refractivity contribution in [3.05, 3.63) is 53.1 Å². The average molecular weight is 555 g/mol. The maximum Gasteiger partial charge on any atom is 0.305 e. The van der Waals surface area contributed by atoms with E-state index < -0.39 is 48.7 Å². The zero-order valence-electron chi connectivity index (χ0n) is 22.0. The van der Waals surface area contributed by atoms with Crippen LogP contribution < -0.4 is 25.2 Å². The molecule has 0 radical (unpaired) electrons. The van der Waals surface area contributed by atoms with Crippen molar-refractivity contribution in [2.75, 3.05) is 30.0 Å². The van der Waals surface area contributed by atoms with Gasteiger partial charge in [-0.1, -0.05) is 19.6 Å². The van der Waals surface area contributed by atoms with Crippen LogP contribution in [0.5, 0.6) is 5.75 Å². The Balaban J connectivity index is 0.00000560. The van der Waals surface area contributed by atoms with Gasteiger partial charge in [0.1, 0.15) is 24.6 Å². The first-order valence-corrected chi connectivity index (χ1v) is 12.1. The number of aryl methyl sites for hydroxylation is 2. The average Bonchev–Trinajstić information content (AvgIpc) is 2.98. The number of benzene rings is 2. The molecule has 12 nitrogen and oxygen atoms in total. The number of hydrogen-bond donors (Lipinski definition) is 3. The number of carbonyl (C=O) groups excluding carboxylic acids is 5. The molecule has 4 amide bonds. The Morgan fingerprint density at radius 1 is 1.12 bits per heavy atom. The molecule has 3 rings (SSSR count). The number of nitrogens with one attached hydrogen (secondary N) is 2. The molecule has 1 heterocycles. The van der Waals surface area contributed by atoms with Crippen LogP contribution in [-0.2, 0) is 24.0 Å². The Labute approximate surface area is 232 Å². The first-order valence-electron chi connectivity index (χ1n) is 12.1. The molecule has 1 aliphatic heterocycles. The molecule has 0 saturated heterocycles. The maximum atomic E-state index is 13.8. The van der Waals surface area contributed by atoms with E-state index in [1.54, 1.807) is 50.2 Å². The van der Waals surface area contributed by atoms with Gasteiger partial charge in [-0.2, -0.15) is 0 Å². The van der Waals surface area contributed by atoms with Gasteiger partial charge in [0.05, 0.1) is 37.5 Å². The van der Waals surface area contributed by atoms with Crippen LogP contribution in [0, 0.1) is 13.8 Å². The van der Waals surface area contributed by atoms with E-state index in [0.29, 0.717) is 17.7 Å². The highest BCUT2D eigenvalue weighted by atomic mass is 16.5. The lowest BCUT2D eigenvalue weighted by Crippen LogP contribution is -2.54. The number of nitrogens with zero attached hydrogens (tertiary/aromatic N) is 2. The molecule has 0 saturated carbocycles. The summed E-state index contributed by atoms with van der Waals surface area (Å²) in [5, 5.41) is 13.9. The highest BCUT2D eigenvalue weighted by Gasteiger charge is 2.37. The SMILES string of the molecule is C.COc1c(C)cc(C(=O)N[C@H]2CN(C(C)=O)c3ccccc3N(CC(=O)N[C@H](C=O)CC(=O)O)C2=O)cc1C. The van der Waals surface area contributed by atoms with Crippen molar-refractivity contribution in [2.45, 2.75) is 46.7 Å². The van der Waals surface area contributed by atoms with Gasteiger partial charge in [0.25, 0.3) is 11.8 Å². The van der Waals surface area contributed by atoms with Gasteiger partial charge < -0.3 is 30.2 Å². The molecule has 0 bridgehead atoms. The number of hydrogen-bond acceptors (Lipinski definition) is 7. The van der Waals surface area contributed by atoms with Crippen molar-refractivity contribution in [1.29, 1.82) is 0 Å². The summed E-state index contributed by atoms with van der Waals surface area (Å²) in [5.41, 5.74) is 2.30. The minimum atomic E-state index is -1.29. The molecule has 0 aromatic heterocycles. The van der Waals surface area contributed by atoms with Crippen LogP contribution in [0.4, 0.5) is 11.4 Å². The van der Waals surface area contributed by atoms with Crippen LogP contribution in [-0.4, -0.2) is 73.3 Å². The fourth-order valence-electron chi connectivity index (χ4n) is 4.52. The molecule has 2 aromatic rings. The number of ether oxygens (including phenoxy) is 1. The smallest absolute Gasteiger partial charge is 0.305 e. The van der Waals surface area contributed by atoms with E-state index in [-0.39, 0.29) is 31.1 Å². The fraction of sp³-hybridized carbons (Fsp3) is 0.357. The Kier molecular flexibility index (Phi) is 10.5. The molecule has 2 atom stereocenters. The summed E-state index contributed by atoms with van der Waals surface area (Å²) in [4.78, 5) is 77.0. The molecular weight excluding hydrogens is 520 g/mol. The number of carboxylic acids is 1. The molecule has 0 spiro atoms. The molecule has 2 aromatic carbocycles. The first kappa shape index (κ1) is 31.5. The molecule has 12 heteroatoms. The Morgan fingerprint density at radius 3 is 2.25 bits per heavy atom. The van der Waals surface area contributed by atoms with Crippen molar-refractivity contribution < 1.29 is 38.6 Å². The van der Waals surface area contributed by atoms with Crippen LogP contribution in [0.25, 0.3) is 0 Å². The van der Waals surface area contributed by atoms with E-state index in [1.165, 1.54) is 18.9 Å². The Bertz CT molecular complexity index is 1300. The topological polar surface area (TPSA) is 162 Å². The summed E-state index contributed by atoms with van der Waals surface area (Å²) in [6, 6.07) is 7.15. The van der Waals surface area contributed by atoms with Gasteiger partial charge in [0.15, 0.2) is 0 Å². The summed E-state index contributed by atoms with van der Waals surface area (Å²) in [5.74, 6) is -3.07. The van der Waals surface area contributed by atoms with Crippen molar-refractivity contribution >= 4 is 47.3 Å². The Morgan fingerprint density at radius 2 is 1.73 bits per heavy atom. The van der Waals surface area contributed by atoms with Gasteiger partial charge in [-0.15, -0.1) is 0 Å². The summed E-state index contributed by atoms with van der Waals surface area (Å²) in [7, 11) is 1.52. The summed E-state index contributed by atoms with van der Waals surface area (Å²) in [6.45, 7) is 4.10. The van der Waals surface area contributed by atoms with Gasteiger partial charge in [0, 0.05) is 12.5 Å². The minimum absolute atomic E-state index is 0. The third-order valence-corrected chi connectivity index (χ3v) is 6.21. The third kappa shape index (κ3) is 7.01.